The highest BCUT2D eigenvalue weighted by Crippen LogP contribution is 2.26. The summed E-state index contributed by atoms with van der Waals surface area (Å²) in [6, 6.07) is 21.2. The third kappa shape index (κ3) is 3.67. The predicted octanol–water partition coefficient (Wildman–Crippen LogP) is 4.16. The molecule has 6 nitrogen and oxygen atoms in total. The van der Waals surface area contributed by atoms with Crippen LogP contribution in [0.25, 0.3) is 21.7 Å². The molecule has 0 N–H and O–H groups in total. The van der Waals surface area contributed by atoms with E-state index in [1.54, 1.807) is 29.2 Å². The first-order chi connectivity index (χ1) is 14.6. The van der Waals surface area contributed by atoms with Crippen LogP contribution in [0.1, 0.15) is 17.5 Å². The van der Waals surface area contributed by atoms with Gasteiger partial charge < -0.3 is 14.1 Å². The van der Waals surface area contributed by atoms with Crippen molar-refractivity contribution in [1.82, 2.24) is 0 Å². The molecule has 0 aliphatic heterocycles. The second-order valence-electron chi connectivity index (χ2n) is 6.68. The maximum Gasteiger partial charge on any atom is 0.374 e. The molecule has 4 rings (SSSR count). The summed E-state index contributed by atoms with van der Waals surface area (Å²) in [4.78, 5) is 38.9. The van der Waals surface area contributed by atoms with Crippen molar-refractivity contribution in [3.8, 4) is 0 Å². The molecule has 0 saturated heterocycles. The minimum absolute atomic E-state index is 0.236. The van der Waals surface area contributed by atoms with Gasteiger partial charge in [-0.15, -0.1) is 0 Å². The summed E-state index contributed by atoms with van der Waals surface area (Å²) in [5.41, 5.74) is 0.684. The number of likely N-dealkylation sites (N-methyl/N-ethyl adjacent to an activating group) is 1. The van der Waals surface area contributed by atoms with Gasteiger partial charge in [0.25, 0.3) is 5.91 Å². The van der Waals surface area contributed by atoms with E-state index in [0.717, 1.165) is 22.5 Å². The summed E-state index contributed by atoms with van der Waals surface area (Å²) < 4.78 is 10.6. The molecular formula is C24H19NO5. The van der Waals surface area contributed by atoms with Crippen LogP contribution >= 0.6 is 0 Å². The zero-order chi connectivity index (χ0) is 21.1. The Morgan fingerprint density at radius 3 is 2.43 bits per heavy atom. The van der Waals surface area contributed by atoms with Crippen LogP contribution in [-0.4, -0.2) is 25.0 Å². The van der Waals surface area contributed by atoms with Crippen LogP contribution in [-0.2, 0) is 9.53 Å². The second kappa shape index (κ2) is 8.21. The third-order valence-corrected chi connectivity index (χ3v) is 4.84. The van der Waals surface area contributed by atoms with Crippen molar-refractivity contribution >= 4 is 39.3 Å². The zero-order valence-electron chi connectivity index (χ0n) is 16.3. The number of amides is 1. The molecular weight excluding hydrogens is 382 g/mol. The molecule has 1 aromatic heterocycles. The minimum atomic E-state index is -0.861. The number of esters is 1. The van der Waals surface area contributed by atoms with Crippen molar-refractivity contribution in [2.75, 3.05) is 18.1 Å². The fourth-order valence-electron chi connectivity index (χ4n) is 3.41. The summed E-state index contributed by atoms with van der Waals surface area (Å²) in [7, 11) is 0. The Labute approximate surface area is 172 Å². The SMILES string of the molecule is CCN(C(=O)COC(=O)c1cc(=O)c2ccccc2o1)c1cccc2ccccc12. The first-order valence-electron chi connectivity index (χ1n) is 9.56. The van der Waals surface area contributed by atoms with E-state index in [0.29, 0.717) is 11.9 Å². The van der Waals surface area contributed by atoms with Gasteiger partial charge in [0.2, 0.25) is 5.76 Å². The summed E-state index contributed by atoms with van der Waals surface area (Å²) in [6.07, 6.45) is 0. The highest BCUT2D eigenvalue weighted by molar-refractivity contribution is 6.04. The molecule has 0 atom stereocenters. The lowest BCUT2D eigenvalue weighted by molar-refractivity contribution is -0.121. The number of benzene rings is 3. The summed E-state index contributed by atoms with van der Waals surface area (Å²) in [5, 5.41) is 2.32. The lowest BCUT2D eigenvalue weighted by Gasteiger charge is -2.22. The number of ether oxygens (including phenoxy) is 1. The van der Waals surface area contributed by atoms with E-state index >= 15 is 0 Å². The number of carbonyl (C=O) groups excluding carboxylic acids is 2. The Hall–Kier alpha value is -3.93. The van der Waals surface area contributed by atoms with Gasteiger partial charge in [-0.25, -0.2) is 4.79 Å². The van der Waals surface area contributed by atoms with Gasteiger partial charge in [0.05, 0.1) is 11.1 Å². The first-order valence-corrected chi connectivity index (χ1v) is 9.56. The van der Waals surface area contributed by atoms with Gasteiger partial charge in [0, 0.05) is 18.0 Å². The maximum atomic E-state index is 12.8. The van der Waals surface area contributed by atoms with Gasteiger partial charge in [0.1, 0.15) is 5.58 Å². The molecule has 6 heteroatoms. The summed E-state index contributed by atoms with van der Waals surface area (Å²) in [6.45, 7) is 1.80. The first kappa shape index (κ1) is 19.4. The average Bonchev–Trinajstić information content (AvgIpc) is 2.78. The summed E-state index contributed by atoms with van der Waals surface area (Å²) >= 11 is 0. The number of hydrogen-bond acceptors (Lipinski definition) is 5. The number of rotatable bonds is 5. The molecule has 0 aliphatic carbocycles. The normalized spacial score (nSPS) is 10.8. The monoisotopic (exact) mass is 401 g/mol. The maximum absolute atomic E-state index is 12.8. The largest absolute Gasteiger partial charge is 0.450 e. The molecule has 3 aromatic carbocycles. The Kier molecular flexibility index (Phi) is 5.30. The number of anilines is 1. The predicted molar refractivity (Wildman–Crippen MR) is 115 cm³/mol. The van der Waals surface area contributed by atoms with Crippen molar-refractivity contribution < 1.29 is 18.7 Å². The molecule has 0 bridgehead atoms. The molecule has 0 aliphatic rings. The van der Waals surface area contributed by atoms with Crippen LogP contribution < -0.4 is 10.3 Å². The highest BCUT2D eigenvalue weighted by atomic mass is 16.5. The number of nitrogens with zero attached hydrogens (tertiary/aromatic N) is 1. The molecule has 1 amide bonds. The second-order valence-corrected chi connectivity index (χ2v) is 6.68. The lowest BCUT2D eigenvalue weighted by atomic mass is 10.1. The van der Waals surface area contributed by atoms with E-state index in [4.69, 9.17) is 9.15 Å². The quantitative estimate of drug-likeness (QED) is 0.470. The van der Waals surface area contributed by atoms with Crippen molar-refractivity contribution in [2.24, 2.45) is 0 Å². The summed E-state index contributed by atoms with van der Waals surface area (Å²) in [5.74, 6) is -1.47. The van der Waals surface area contributed by atoms with Crippen LogP contribution in [0.4, 0.5) is 5.69 Å². The van der Waals surface area contributed by atoms with E-state index in [-0.39, 0.29) is 22.7 Å². The molecule has 0 spiro atoms. The average molecular weight is 401 g/mol. The van der Waals surface area contributed by atoms with Crippen molar-refractivity contribution in [3.05, 3.63) is 88.8 Å². The molecule has 1 heterocycles. The van der Waals surface area contributed by atoms with Crippen LogP contribution in [0.5, 0.6) is 0 Å². The number of para-hydroxylation sites is 1. The van der Waals surface area contributed by atoms with Gasteiger partial charge >= 0.3 is 5.97 Å². The number of fused-ring (bicyclic) bond motifs is 2. The smallest absolute Gasteiger partial charge is 0.374 e. The van der Waals surface area contributed by atoms with E-state index in [9.17, 15) is 14.4 Å². The third-order valence-electron chi connectivity index (χ3n) is 4.84. The van der Waals surface area contributed by atoms with Crippen LogP contribution in [0.3, 0.4) is 0 Å². The van der Waals surface area contributed by atoms with E-state index < -0.39 is 12.6 Å². The Balaban J connectivity index is 1.53. The van der Waals surface area contributed by atoms with E-state index in [1.807, 2.05) is 49.4 Å². The van der Waals surface area contributed by atoms with Crippen molar-refractivity contribution in [3.63, 3.8) is 0 Å². The van der Waals surface area contributed by atoms with Crippen LogP contribution in [0, 0.1) is 0 Å². The minimum Gasteiger partial charge on any atom is -0.450 e. The fourth-order valence-corrected chi connectivity index (χ4v) is 3.41. The number of hydrogen-bond donors (Lipinski definition) is 0. The van der Waals surface area contributed by atoms with E-state index in [1.165, 1.54) is 0 Å². The number of carbonyl (C=O) groups is 2. The van der Waals surface area contributed by atoms with Gasteiger partial charge in [-0.05, 0) is 30.5 Å². The van der Waals surface area contributed by atoms with Gasteiger partial charge in [-0.3, -0.25) is 9.59 Å². The molecule has 150 valence electrons. The van der Waals surface area contributed by atoms with Gasteiger partial charge in [0.15, 0.2) is 12.0 Å². The Morgan fingerprint density at radius 2 is 1.63 bits per heavy atom. The Morgan fingerprint density at radius 1 is 0.933 bits per heavy atom. The lowest BCUT2D eigenvalue weighted by Crippen LogP contribution is -2.34. The van der Waals surface area contributed by atoms with Crippen molar-refractivity contribution in [1.29, 1.82) is 0 Å². The molecule has 0 fully saturated rings. The molecule has 0 saturated carbocycles. The molecule has 0 unspecified atom stereocenters. The van der Waals surface area contributed by atoms with Gasteiger partial charge in [-0.2, -0.15) is 0 Å². The zero-order valence-corrected chi connectivity index (χ0v) is 16.3. The molecule has 4 aromatic rings. The van der Waals surface area contributed by atoms with Crippen LogP contribution in [0.15, 0.2) is 82.0 Å². The standard InChI is InChI=1S/C24H19NO5/c1-2-25(19-12-7-9-16-8-3-4-10-17(16)19)23(27)15-29-24(28)22-14-20(26)18-11-5-6-13-21(18)30-22/h3-14H,2,15H2,1H3. The van der Waals surface area contributed by atoms with Gasteiger partial charge in [-0.1, -0.05) is 48.5 Å². The Bertz CT molecular complexity index is 1300. The topological polar surface area (TPSA) is 76.8 Å². The van der Waals surface area contributed by atoms with Crippen LogP contribution in [0.2, 0.25) is 0 Å². The molecule has 30 heavy (non-hydrogen) atoms. The van der Waals surface area contributed by atoms with Crippen molar-refractivity contribution in [2.45, 2.75) is 6.92 Å². The highest BCUT2D eigenvalue weighted by Gasteiger charge is 2.20. The molecule has 0 radical (unpaired) electrons. The van der Waals surface area contributed by atoms with E-state index in [2.05, 4.69) is 0 Å². The fraction of sp³-hybridized carbons (Fsp3) is 0.125.